The second-order valence-corrected chi connectivity index (χ2v) is 2.08. The van der Waals surface area contributed by atoms with Gasteiger partial charge in [0.05, 0.1) is 6.61 Å². The molecule has 0 spiro atoms. The Hall–Kier alpha value is -1.23. The van der Waals surface area contributed by atoms with Crippen molar-refractivity contribution in [2.75, 3.05) is 13.2 Å². The zero-order valence-corrected chi connectivity index (χ0v) is 6.08. The summed E-state index contributed by atoms with van der Waals surface area (Å²) in [5.41, 5.74) is 7.38. The average molecular weight is 157 g/mol. The Labute approximate surface area is 64.5 Å². The van der Waals surface area contributed by atoms with Crippen molar-refractivity contribution in [3.8, 4) is 0 Å². The van der Waals surface area contributed by atoms with E-state index in [4.69, 9.17) is 15.7 Å². The summed E-state index contributed by atoms with van der Waals surface area (Å²) in [5.74, 6) is 0.376. The topological polar surface area (TPSA) is 79.9 Å². The maximum absolute atomic E-state index is 8.52. The van der Waals surface area contributed by atoms with Gasteiger partial charge >= 0.3 is 0 Å². The van der Waals surface area contributed by atoms with Crippen LogP contribution in [0.4, 0.5) is 0 Å². The second-order valence-electron chi connectivity index (χ2n) is 2.08. The first-order chi connectivity index (χ1) is 5.38. The first kappa shape index (κ1) is 7.87. The lowest BCUT2D eigenvalue weighted by Gasteiger charge is -2.14. The minimum absolute atomic E-state index is 0.310. The minimum Gasteiger partial charge on any atom is -0.476 e. The van der Waals surface area contributed by atoms with Crippen molar-refractivity contribution in [2.24, 2.45) is 10.7 Å². The molecule has 1 aliphatic rings. The zero-order valence-electron chi connectivity index (χ0n) is 6.08. The highest BCUT2D eigenvalue weighted by Gasteiger charge is 2.10. The molecule has 11 heavy (non-hydrogen) atoms. The highest BCUT2D eigenvalue weighted by atomic mass is 16.5. The van der Waals surface area contributed by atoms with Gasteiger partial charge in [-0.05, 0) is 0 Å². The number of rotatable bonds is 2. The van der Waals surface area contributed by atoms with Crippen molar-refractivity contribution < 1.29 is 9.94 Å². The minimum atomic E-state index is 0.310. The summed E-state index contributed by atoms with van der Waals surface area (Å²) in [6, 6.07) is 0. The number of hydroxylamine groups is 1. The summed E-state index contributed by atoms with van der Waals surface area (Å²) in [6.07, 6.45) is 2.12. The molecule has 0 saturated carbocycles. The maximum atomic E-state index is 8.52. The van der Waals surface area contributed by atoms with Gasteiger partial charge in [-0.15, -0.1) is 0 Å². The lowest BCUT2D eigenvalue weighted by atomic mass is 10.4. The molecule has 62 valence electrons. The van der Waals surface area contributed by atoms with E-state index in [-0.39, 0.29) is 0 Å². The molecule has 0 amide bonds. The number of hydrogen-bond donors (Lipinski definition) is 3. The molecule has 0 aliphatic carbocycles. The van der Waals surface area contributed by atoms with Crippen molar-refractivity contribution in [1.82, 2.24) is 5.48 Å². The Morgan fingerprint density at radius 3 is 3.09 bits per heavy atom. The van der Waals surface area contributed by atoms with Crippen LogP contribution in [0.2, 0.25) is 0 Å². The molecule has 0 aromatic heterocycles. The number of nitrogens with one attached hydrogen (secondary N) is 1. The predicted molar refractivity (Wildman–Crippen MR) is 40.1 cm³/mol. The van der Waals surface area contributed by atoms with Crippen LogP contribution in [0.3, 0.4) is 0 Å². The van der Waals surface area contributed by atoms with Crippen LogP contribution < -0.4 is 11.2 Å². The van der Waals surface area contributed by atoms with Crippen molar-refractivity contribution in [3.05, 3.63) is 11.9 Å². The Morgan fingerprint density at radius 2 is 2.64 bits per heavy atom. The van der Waals surface area contributed by atoms with Crippen LogP contribution in [-0.4, -0.2) is 24.3 Å². The Morgan fingerprint density at radius 1 is 1.82 bits per heavy atom. The van der Waals surface area contributed by atoms with E-state index in [0.717, 1.165) is 6.42 Å². The maximum Gasteiger partial charge on any atom is 0.236 e. The molecular weight excluding hydrogens is 146 g/mol. The van der Waals surface area contributed by atoms with Crippen molar-refractivity contribution >= 4 is 5.90 Å². The van der Waals surface area contributed by atoms with Gasteiger partial charge in [-0.1, -0.05) is 0 Å². The molecular formula is C6H11N3O2. The monoisotopic (exact) mass is 157 g/mol. The lowest BCUT2D eigenvalue weighted by Crippen LogP contribution is -2.24. The van der Waals surface area contributed by atoms with E-state index in [1.54, 1.807) is 0 Å². The molecule has 0 bridgehead atoms. The molecule has 0 saturated heterocycles. The zero-order chi connectivity index (χ0) is 8.10. The van der Waals surface area contributed by atoms with E-state index in [2.05, 4.69) is 4.99 Å². The first-order valence-electron chi connectivity index (χ1n) is 3.38. The third-order valence-electron chi connectivity index (χ3n) is 1.31. The summed E-state index contributed by atoms with van der Waals surface area (Å²) in [5, 5.41) is 8.52. The van der Waals surface area contributed by atoms with E-state index in [9.17, 15) is 0 Å². The Balaban J connectivity index is 2.63. The van der Waals surface area contributed by atoms with Gasteiger partial charge in [0.2, 0.25) is 5.90 Å². The fourth-order valence-corrected chi connectivity index (χ4v) is 0.779. The molecule has 1 aliphatic heterocycles. The quantitative estimate of drug-likeness (QED) is 0.476. The lowest BCUT2D eigenvalue weighted by molar-refractivity contribution is 0.195. The summed E-state index contributed by atoms with van der Waals surface area (Å²) < 4.78 is 5.10. The standard InChI is InChI=1S/C6H11N3O2/c7-4-5(9-10)6-8-2-1-3-11-6/h4,9-10H,1-3,7H2/b5-4+. The van der Waals surface area contributed by atoms with Gasteiger partial charge in [0, 0.05) is 19.2 Å². The molecule has 4 N–H and O–H groups in total. The van der Waals surface area contributed by atoms with Gasteiger partial charge < -0.3 is 10.5 Å². The van der Waals surface area contributed by atoms with Gasteiger partial charge in [0.15, 0.2) is 0 Å². The number of nitrogens with two attached hydrogens (primary N) is 1. The molecule has 5 heteroatoms. The normalized spacial score (nSPS) is 18.6. The van der Waals surface area contributed by atoms with Gasteiger partial charge in [-0.3, -0.25) is 10.7 Å². The number of ether oxygens (including phenoxy) is 1. The molecule has 0 radical (unpaired) electrons. The van der Waals surface area contributed by atoms with Crippen LogP contribution in [0.15, 0.2) is 16.9 Å². The van der Waals surface area contributed by atoms with E-state index in [0.29, 0.717) is 24.7 Å². The fraction of sp³-hybridized carbons (Fsp3) is 0.500. The van der Waals surface area contributed by atoms with Crippen molar-refractivity contribution in [2.45, 2.75) is 6.42 Å². The van der Waals surface area contributed by atoms with Crippen LogP contribution in [0.1, 0.15) is 6.42 Å². The molecule has 0 fully saturated rings. The SMILES string of the molecule is N/C=C(/NO)C1=NCCCO1. The smallest absolute Gasteiger partial charge is 0.236 e. The van der Waals surface area contributed by atoms with Gasteiger partial charge in [0.1, 0.15) is 5.70 Å². The molecule has 0 unspecified atom stereocenters. The molecule has 0 atom stereocenters. The second kappa shape index (κ2) is 3.82. The Kier molecular flexibility index (Phi) is 2.74. The largest absolute Gasteiger partial charge is 0.476 e. The Bertz CT molecular complexity index is 188. The number of nitrogens with zero attached hydrogens (tertiary/aromatic N) is 1. The molecule has 1 rings (SSSR count). The summed E-state index contributed by atoms with van der Waals surface area (Å²) in [7, 11) is 0. The molecule has 0 aromatic rings. The summed E-state index contributed by atoms with van der Waals surface area (Å²) in [4.78, 5) is 4.00. The summed E-state index contributed by atoms with van der Waals surface area (Å²) in [6.45, 7) is 1.34. The van der Waals surface area contributed by atoms with Gasteiger partial charge in [-0.25, -0.2) is 4.99 Å². The van der Waals surface area contributed by atoms with Crippen LogP contribution >= 0.6 is 0 Å². The summed E-state index contributed by atoms with van der Waals surface area (Å²) >= 11 is 0. The third kappa shape index (κ3) is 1.84. The predicted octanol–water partition coefficient (Wildman–Crippen LogP) is -0.416. The first-order valence-corrected chi connectivity index (χ1v) is 3.38. The van der Waals surface area contributed by atoms with Crippen molar-refractivity contribution in [3.63, 3.8) is 0 Å². The highest BCUT2D eigenvalue weighted by molar-refractivity contribution is 5.92. The van der Waals surface area contributed by atoms with E-state index in [1.807, 2.05) is 5.48 Å². The molecule has 5 nitrogen and oxygen atoms in total. The number of hydrogen-bond acceptors (Lipinski definition) is 5. The van der Waals surface area contributed by atoms with Gasteiger partial charge in [-0.2, -0.15) is 0 Å². The van der Waals surface area contributed by atoms with Crippen LogP contribution in [-0.2, 0) is 4.74 Å². The van der Waals surface area contributed by atoms with Gasteiger partial charge in [0.25, 0.3) is 0 Å². The van der Waals surface area contributed by atoms with Crippen LogP contribution in [0.25, 0.3) is 0 Å². The third-order valence-corrected chi connectivity index (χ3v) is 1.31. The van der Waals surface area contributed by atoms with Crippen LogP contribution in [0, 0.1) is 0 Å². The molecule has 0 aromatic carbocycles. The van der Waals surface area contributed by atoms with E-state index in [1.165, 1.54) is 6.20 Å². The van der Waals surface area contributed by atoms with E-state index >= 15 is 0 Å². The van der Waals surface area contributed by atoms with Crippen LogP contribution in [0.5, 0.6) is 0 Å². The number of aliphatic imine (C=N–C) groups is 1. The molecule has 1 heterocycles. The van der Waals surface area contributed by atoms with Crippen molar-refractivity contribution in [1.29, 1.82) is 0 Å². The van der Waals surface area contributed by atoms with E-state index < -0.39 is 0 Å². The average Bonchev–Trinajstić information content (AvgIpc) is 2.09. The fourth-order valence-electron chi connectivity index (χ4n) is 0.779. The highest BCUT2D eigenvalue weighted by Crippen LogP contribution is 2.01.